The monoisotopic (exact) mass is 323 g/mol. The molecule has 3 rings (SSSR count). The van der Waals surface area contributed by atoms with Gasteiger partial charge in [0, 0.05) is 6.04 Å². The molecule has 1 saturated carbocycles. The number of anilines is 1. The summed E-state index contributed by atoms with van der Waals surface area (Å²) in [6.45, 7) is 4.69. The topological polar surface area (TPSA) is 37.8 Å². The molecule has 3 nitrogen and oxygen atoms in total. The zero-order valence-electron chi connectivity index (χ0n) is 12.6. The van der Waals surface area contributed by atoms with Crippen molar-refractivity contribution in [2.24, 2.45) is 11.8 Å². The lowest BCUT2D eigenvalue weighted by molar-refractivity contribution is 0.341. The lowest BCUT2D eigenvalue weighted by atomic mass is 9.89. The number of hydrogen-bond acceptors (Lipinski definition) is 4. The Morgan fingerprint density at radius 1 is 1.19 bits per heavy atom. The van der Waals surface area contributed by atoms with Gasteiger partial charge in [0.15, 0.2) is 0 Å². The molecule has 5 heteroatoms. The van der Waals surface area contributed by atoms with Gasteiger partial charge in [0.1, 0.15) is 11.0 Å². The van der Waals surface area contributed by atoms with Crippen LogP contribution >= 0.6 is 23.3 Å². The summed E-state index contributed by atoms with van der Waals surface area (Å²) in [6.07, 6.45) is 6.38. The highest BCUT2D eigenvalue weighted by Crippen LogP contribution is 2.34. The van der Waals surface area contributed by atoms with E-state index < -0.39 is 0 Å². The summed E-state index contributed by atoms with van der Waals surface area (Å²) in [5.74, 6) is 1.66. The average Bonchev–Trinajstić information content (AvgIpc) is 2.80. The van der Waals surface area contributed by atoms with Gasteiger partial charge in [-0.2, -0.15) is 8.75 Å². The van der Waals surface area contributed by atoms with Crippen molar-refractivity contribution in [3.05, 3.63) is 17.2 Å². The molecule has 1 fully saturated rings. The van der Waals surface area contributed by atoms with Gasteiger partial charge in [0.2, 0.25) is 0 Å². The third kappa shape index (κ3) is 3.32. The Bertz CT molecular complexity index is 611. The highest BCUT2D eigenvalue weighted by Gasteiger charge is 2.22. The van der Waals surface area contributed by atoms with Crippen molar-refractivity contribution in [3.63, 3.8) is 0 Å². The first-order valence-corrected chi connectivity index (χ1v) is 8.93. The van der Waals surface area contributed by atoms with E-state index in [9.17, 15) is 0 Å². The Labute approximate surface area is 135 Å². The van der Waals surface area contributed by atoms with Gasteiger partial charge in [-0.3, -0.25) is 0 Å². The van der Waals surface area contributed by atoms with Crippen molar-refractivity contribution in [2.45, 2.75) is 52.0 Å². The van der Waals surface area contributed by atoms with Crippen LogP contribution in [0.4, 0.5) is 5.69 Å². The van der Waals surface area contributed by atoms with Crippen molar-refractivity contribution >= 4 is 40.0 Å². The fourth-order valence-electron chi connectivity index (χ4n) is 3.31. The second-order valence-electron chi connectivity index (χ2n) is 6.41. The van der Waals surface area contributed by atoms with Crippen molar-refractivity contribution in [1.29, 1.82) is 0 Å². The Morgan fingerprint density at radius 2 is 2.05 bits per heavy atom. The van der Waals surface area contributed by atoms with Gasteiger partial charge in [0.05, 0.1) is 22.4 Å². The van der Waals surface area contributed by atoms with Crippen LogP contribution in [0, 0.1) is 11.8 Å². The summed E-state index contributed by atoms with van der Waals surface area (Å²) < 4.78 is 8.69. The van der Waals surface area contributed by atoms with Gasteiger partial charge in [-0.1, -0.05) is 38.3 Å². The van der Waals surface area contributed by atoms with E-state index in [-0.39, 0.29) is 0 Å². The summed E-state index contributed by atoms with van der Waals surface area (Å²) in [5.41, 5.74) is 2.81. The maximum absolute atomic E-state index is 6.37. The van der Waals surface area contributed by atoms with Crippen LogP contribution in [0.5, 0.6) is 0 Å². The highest BCUT2D eigenvalue weighted by molar-refractivity contribution is 7.00. The van der Waals surface area contributed by atoms with E-state index in [2.05, 4.69) is 27.9 Å². The number of hydrogen-bond donors (Lipinski definition) is 1. The number of nitrogens with zero attached hydrogens (tertiary/aromatic N) is 2. The molecule has 0 amide bonds. The summed E-state index contributed by atoms with van der Waals surface area (Å²) >= 11 is 7.62. The maximum Gasteiger partial charge on any atom is 0.129 e. The number of halogens is 1. The van der Waals surface area contributed by atoms with E-state index in [0.717, 1.165) is 33.6 Å². The molecule has 0 bridgehead atoms. The standard InChI is InChI=1S/C16H22ClN3S/c1-10(2)11-4-3-5-12(7-6-11)18-15-13(17)8-9-14-16(15)20-21-19-14/h8-12,18H,3-7H2,1-2H3. The number of aromatic nitrogens is 2. The van der Waals surface area contributed by atoms with Crippen LogP contribution in [0.15, 0.2) is 12.1 Å². The molecule has 21 heavy (non-hydrogen) atoms. The van der Waals surface area contributed by atoms with Gasteiger partial charge >= 0.3 is 0 Å². The molecule has 0 radical (unpaired) electrons. The minimum atomic E-state index is 0.499. The third-order valence-corrected chi connectivity index (χ3v) is 5.54. The first-order chi connectivity index (χ1) is 10.1. The largest absolute Gasteiger partial charge is 0.379 e. The van der Waals surface area contributed by atoms with Crippen LogP contribution in [0.25, 0.3) is 11.0 Å². The summed E-state index contributed by atoms with van der Waals surface area (Å²) in [7, 11) is 0. The third-order valence-electron chi connectivity index (χ3n) is 4.68. The first-order valence-electron chi connectivity index (χ1n) is 7.82. The van der Waals surface area contributed by atoms with Crippen LogP contribution in [-0.2, 0) is 0 Å². The molecule has 1 aromatic carbocycles. The number of fused-ring (bicyclic) bond motifs is 1. The van der Waals surface area contributed by atoms with Gasteiger partial charge in [-0.15, -0.1) is 0 Å². The molecule has 0 saturated heterocycles. The summed E-state index contributed by atoms with van der Waals surface area (Å²) in [5, 5.41) is 4.40. The van der Waals surface area contributed by atoms with Gasteiger partial charge < -0.3 is 5.32 Å². The summed E-state index contributed by atoms with van der Waals surface area (Å²) in [4.78, 5) is 0. The predicted octanol–water partition coefficient (Wildman–Crippen LogP) is 5.36. The molecule has 0 aliphatic heterocycles. The van der Waals surface area contributed by atoms with Crippen LogP contribution in [0.2, 0.25) is 5.02 Å². The molecule has 0 spiro atoms. The first kappa shape index (κ1) is 15.0. The van der Waals surface area contributed by atoms with Crippen LogP contribution < -0.4 is 5.32 Å². The van der Waals surface area contributed by atoms with E-state index in [1.807, 2.05) is 12.1 Å². The van der Waals surface area contributed by atoms with Crippen LogP contribution in [-0.4, -0.2) is 14.8 Å². The normalized spacial score (nSPS) is 23.4. The fraction of sp³-hybridized carbons (Fsp3) is 0.625. The Balaban J connectivity index is 1.76. The lowest BCUT2D eigenvalue weighted by Crippen LogP contribution is -2.19. The molecular formula is C16H22ClN3S. The molecule has 1 aromatic heterocycles. The van der Waals surface area contributed by atoms with Gasteiger partial charge in [0.25, 0.3) is 0 Å². The van der Waals surface area contributed by atoms with Crippen molar-refractivity contribution in [1.82, 2.24) is 8.75 Å². The van der Waals surface area contributed by atoms with Gasteiger partial charge in [-0.05, 0) is 43.2 Å². The van der Waals surface area contributed by atoms with Crippen LogP contribution in [0.1, 0.15) is 46.0 Å². The molecule has 1 aliphatic carbocycles. The maximum atomic E-state index is 6.37. The van der Waals surface area contributed by atoms with E-state index in [1.54, 1.807) is 0 Å². The molecule has 1 aliphatic rings. The van der Waals surface area contributed by atoms with Crippen molar-refractivity contribution < 1.29 is 0 Å². The second-order valence-corrected chi connectivity index (χ2v) is 7.34. The molecule has 2 atom stereocenters. The van der Waals surface area contributed by atoms with E-state index in [0.29, 0.717) is 6.04 Å². The SMILES string of the molecule is CC(C)C1CCCC(Nc2c(Cl)ccc3nsnc23)CC1. The highest BCUT2D eigenvalue weighted by atomic mass is 35.5. The number of nitrogens with one attached hydrogen (secondary N) is 1. The van der Waals surface area contributed by atoms with Gasteiger partial charge in [-0.25, -0.2) is 0 Å². The molecular weight excluding hydrogens is 302 g/mol. The minimum absolute atomic E-state index is 0.499. The molecule has 1 heterocycles. The van der Waals surface area contributed by atoms with E-state index >= 15 is 0 Å². The predicted molar refractivity (Wildman–Crippen MR) is 91.2 cm³/mol. The summed E-state index contributed by atoms with van der Waals surface area (Å²) in [6, 6.07) is 4.36. The average molecular weight is 324 g/mol. The fourth-order valence-corrected chi connectivity index (χ4v) is 4.06. The zero-order valence-corrected chi connectivity index (χ0v) is 14.2. The molecule has 2 aromatic rings. The van der Waals surface area contributed by atoms with E-state index in [1.165, 1.54) is 43.8 Å². The Kier molecular flexibility index (Phi) is 4.65. The lowest BCUT2D eigenvalue weighted by Gasteiger charge is -2.20. The smallest absolute Gasteiger partial charge is 0.129 e. The quantitative estimate of drug-likeness (QED) is 0.772. The van der Waals surface area contributed by atoms with Crippen molar-refractivity contribution in [3.8, 4) is 0 Å². The van der Waals surface area contributed by atoms with Crippen molar-refractivity contribution in [2.75, 3.05) is 5.32 Å². The van der Waals surface area contributed by atoms with E-state index in [4.69, 9.17) is 11.6 Å². The number of benzene rings is 1. The molecule has 1 N–H and O–H groups in total. The zero-order chi connectivity index (χ0) is 14.8. The Morgan fingerprint density at radius 3 is 2.86 bits per heavy atom. The minimum Gasteiger partial charge on any atom is -0.379 e. The molecule has 2 unspecified atom stereocenters. The second kappa shape index (κ2) is 6.49. The Hall–Kier alpha value is -0.870. The number of rotatable bonds is 3. The van der Waals surface area contributed by atoms with Crippen LogP contribution in [0.3, 0.4) is 0 Å². The molecule has 114 valence electrons.